The average Bonchev–Trinajstić information content (AvgIpc) is 3.06. The fraction of sp³-hybridized carbons (Fsp3) is 0.692. The van der Waals surface area contributed by atoms with Crippen LogP contribution in [0.1, 0.15) is 36.2 Å². The molecule has 1 aromatic heterocycles. The number of amides is 1. The van der Waals surface area contributed by atoms with Gasteiger partial charge in [-0.2, -0.15) is 0 Å². The molecule has 1 aliphatic rings. The first-order chi connectivity index (χ1) is 9.26. The molecule has 106 valence electrons. The first-order valence-corrected chi connectivity index (χ1v) is 6.90. The second-order valence-corrected chi connectivity index (χ2v) is 4.95. The van der Waals surface area contributed by atoms with Crippen LogP contribution in [-0.2, 0) is 6.54 Å². The number of hydrogen-bond acceptors (Lipinski definition) is 4. The molecule has 6 heteroatoms. The van der Waals surface area contributed by atoms with Crippen LogP contribution in [0, 0.1) is 0 Å². The Labute approximate surface area is 113 Å². The minimum Gasteiger partial charge on any atom is -0.395 e. The maximum Gasteiger partial charge on any atom is 0.274 e. The van der Waals surface area contributed by atoms with Crippen LogP contribution in [0.3, 0.4) is 0 Å². The van der Waals surface area contributed by atoms with Crippen molar-refractivity contribution in [3.8, 4) is 0 Å². The molecule has 1 aromatic rings. The highest BCUT2D eigenvalue weighted by Crippen LogP contribution is 2.24. The molecule has 19 heavy (non-hydrogen) atoms. The molecule has 0 atom stereocenters. The van der Waals surface area contributed by atoms with Crippen LogP contribution in [0.25, 0.3) is 0 Å². The van der Waals surface area contributed by atoms with Gasteiger partial charge in [0.2, 0.25) is 0 Å². The minimum absolute atomic E-state index is 0.00819. The van der Waals surface area contributed by atoms with Crippen molar-refractivity contribution in [2.45, 2.75) is 38.3 Å². The fourth-order valence-corrected chi connectivity index (χ4v) is 2.66. The van der Waals surface area contributed by atoms with E-state index in [2.05, 4.69) is 4.98 Å². The molecule has 0 aromatic carbocycles. The van der Waals surface area contributed by atoms with E-state index >= 15 is 0 Å². The first kappa shape index (κ1) is 14.0. The standard InChI is InChI=1S/C13H22N4O2/c14-5-6-16-9-12(15-10-16)13(19)17(7-8-18)11-3-1-2-4-11/h9-11,18H,1-8,14H2. The summed E-state index contributed by atoms with van der Waals surface area (Å²) in [6.45, 7) is 1.55. The smallest absolute Gasteiger partial charge is 0.274 e. The van der Waals surface area contributed by atoms with Crippen molar-refractivity contribution in [1.82, 2.24) is 14.5 Å². The van der Waals surface area contributed by atoms with Gasteiger partial charge in [-0.1, -0.05) is 12.8 Å². The number of hydrogen-bond donors (Lipinski definition) is 2. The average molecular weight is 266 g/mol. The van der Waals surface area contributed by atoms with E-state index in [1.54, 1.807) is 17.4 Å². The molecule has 0 unspecified atom stereocenters. The zero-order valence-corrected chi connectivity index (χ0v) is 11.2. The Hall–Kier alpha value is -1.40. The molecule has 1 amide bonds. The normalized spacial score (nSPS) is 15.9. The summed E-state index contributed by atoms with van der Waals surface area (Å²) in [5.74, 6) is -0.0864. The maximum atomic E-state index is 12.4. The van der Waals surface area contributed by atoms with Crippen molar-refractivity contribution >= 4 is 5.91 Å². The summed E-state index contributed by atoms with van der Waals surface area (Å²) in [6.07, 6.45) is 7.72. The summed E-state index contributed by atoms with van der Waals surface area (Å²) in [7, 11) is 0. The first-order valence-electron chi connectivity index (χ1n) is 6.90. The van der Waals surface area contributed by atoms with Gasteiger partial charge in [0.15, 0.2) is 0 Å². The van der Waals surface area contributed by atoms with E-state index in [0.717, 1.165) is 25.7 Å². The van der Waals surface area contributed by atoms with Gasteiger partial charge in [0.25, 0.3) is 5.91 Å². The van der Waals surface area contributed by atoms with Crippen molar-refractivity contribution in [3.63, 3.8) is 0 Å². The van der Waals surface area contributed by atoms with Gasteiger partial charge in [-0.3, -0.25) is 4.79 Å². The van der Waals surface area contributed by atoms with Gasteiger partial charge < -0.3 is 20.3 Å². The fourth-order valence-electron chi connectivity index (χ4n) is 2.66. The number of aromatic nitrogens is 2. The summed E-state index contributed by atoms with van der Waals surface area (Å²) >= 11 is 0. The summed E-state index contributed by atoms with van der Waals surface area (Å²) in [4.78, 5) is 18.4. The summed E-state index contributed by atoms with van der Waals surface area (Å²) < 4.78 is 1.82. The number of aliphatic hydroxyl groups excluding tert-OH is 1. The quantitative estimate of drug-likeness (QED) is 0.771. The Morgan fingerprint density at radius 2 is 2.26 bits per heavy atom. The molecule has 1 aliphatic carbocycles. The van der Waals surface area contributed by atoms with Crippen molar-refractivity contribution in [2.24, 2.45) is 5.73 Å². The Morgan fingerprint density at radius 1 is 1.53 bits per heavy atom. The summed E-state index contributed by atoms with van der Waals surface area (Å²) in [5.41, 5.74) is 5.91. The van der Waals surface area contributed by atoms with E-state index in [4.69, 9.17) is 10.8 Å². The number of imidazole rings is 1. The number of rotatable bonds is 6. The molecule has 0 saturated heterocycles. The van der Waals surface area contributed by atoms with Gasteiger partial charge in [0.05, 0.1) is 12.9 Å². The SMILES string of the molecule is NCCn1cnc(C(=O)N(CCO)C2CCCC2)c1. The van der Waals surface area contributed by atoms with Gasteiger partial charge in [-0.25, -0.2) is 4.98 Å². The number of nitrogens with two attached hydrogens (primary N) is 1. The van der Waals surface area contributed by atoms with E-state index in [1.807, 2.05) is 4.57 Å². The van der Waals surface area contributed by atoms with Crippen LogP contribution in [-0.4, -0.2) is 51.2 Å². The number of aliphatic hydroxyl groups is 1. The predicted octanol–water partition coefficient (Wildman–Crippen LogP) is 0.219. The number of nitrogens with zero attached hydrogens (tertiary/aromatic N) is 3. The second kappa shape index (κ2) is 6.68. The van der Waals surface area contributed by atoms with Gasteiger partial charge in [0, 0.05) is 31.9 Å². The molecular weight excluding hydrogens is 244 g/mol. The van der Waals surface area contributed by atoms with E-state index < -0.39 is 0 Å². The van der Waals surface area contributed by atoms with Gasteiger partial charge >= 0.3 is 0 Å². The van der Waals surface area contributed by atoms with Crippen LogP contribution in [0.5, 0.6) is 0 Å². The molecule has 1 heterocycles. The van der Waals surface area contributed by atoms with Gasteiger partial charge in [0.1, 0.15) is 5.69 Å². The van der Waals surface area contributed by atoms with Crippen LogP contribution >= 0.6 is 0 Å². The van der Waals surface area contributed by atoms with E-state index in [-0.39, 0.29) is 18.6 Å². The number of carbonyl (C=O) groups excluding carboxylic acids is 1. The van der Waals surface area contributed by atoms with Crippen molar-refractivity contribution in [3.05, 3.63) is 18.2 Å². The largest absolute Gasteiger partial charge is 0.395 e. The van der Waals surface area contributed by atoms with E-state index in [1.165, 1.54) is 0 Å². The molecule has 6 nitrogen and oxygen atoms in total. The lowest BCUT2D eigenvalue weighted by molar-refractivity contribution is 0.0632. The summed E-state index contributed by atoms with van der Waals surface area (Å²) in [5, 5.41) is 9.15. The molecule has 2 rings (SSSR count). The number of carbonyl (C=O) groups is 1. The van der Waals surface area contributed by atoms with E-state index in [9.17, 15) is 4.79 Å². The molecule has 1 saturated carbocycles. The Morgan fingerprint density at radius 3 is 2.89 bits per heavy atom. The predicted molar refractivity (Wildman–Crippen MR) is 71.7 cm³/mol. The Balaban J connectivity index is 2.08. The van der Waals surface area contributed by atoms with Gasteiger partial charge in [-0.15, -0.1) is 0 Å². The van der Waals surface area contributed by atoms with Crippen LogP contribution in [0.2, 0.25) is 0 Å². The monoisotopic (exact) mass is 266 g/mol. The lowest BCUT2D eigenvalue weighted by Crippen LogP contribution is -2.40. The van der Waals surface area contributed by atoms with Crippen molar-refractivity contribution in [1.29, 1.82) is 0 Å². The Kier molecular flexibility index (Phi) is 4.93. The highest BCUT2D eigenvalue weighted by atomic mass is 16.3. The molecule has 0 aliphatic heterocycles. The zero-order chi connectivity index (χ0) is 13.7. The van der Waals surface area contributed by atoms with Gasteiger partial charge in [-0.05, 0) is 12.8 Å². The van der Waals surface area contributed by atoms with Crippen LogP contribution < -0.4 is 5.73 Å². The highest BCUT2D eigenvalue weighted by molar-refractivity contribution is 5.92. The summed E-state index contributed by atoms with van der Waals surface area (Å²) in [6, 6.07) is 0.249. The van der Waals surface area contributed by atoms with Crippen LogP contribution in [0.15, 0.2) is 12.5 Å². The molecule has 0 spiro atoms. The topological polar surface area (TPSA) is 84.4 Å². The molecule has 0 radical (unpaired) electrons. The highest BCUT2D eigenvalue weighted by Gasteiger charge is 2.28. The lowest BCUT2D eigenvalue weighted by atomic mass is 10.2. The Bertz CT molecular complexity index is 413. The third-order valence-electron chi connectivity index (χ3n) is 3.61. The molecule has 0 bridgehead atoms. The molecular formula is C13H22N4O2. The van der Waals surface area contributed by atoms with Crippen LogP contribution in [0.4, 0.5) is 0 Å². The van der Waals surface area contributed by atoms with Crippen molar-refractivity contribution < 1.29 is 9.90 Å². The zero-order valence-electron chi connectivity index (χ0n) is 11.2. The second-order valence-electron chi connectivity index (χ2n) is 4.95. The third-order valence-corrected chi connectivity index (χ3v) is 3.61. The maximum absolute atomic E-state index is 12.4. The third kappa shape index (κ3) is 3.33. The molecule has 3 N–H and O–H groups in total. The minimum atomic E-state index is -0.0864. The molecule has 1 fully saturated rings. The van der Waals surface area contributed by atoms with E-state index in [0.29, 0.717) is 25.3 Å². The van der Waals surface area contributed by atoms with Crippen molar-refractivity contribution in [2.75, 3.05) is 19.7 Å². The lowest BCUT2D eigenvalue weighted by Gasteiger charge is -2.27.